The highest BCUT2D eigenvalue weighted by Crippen LogP contribution is 2.21. The third kappa shape index (κ3) is 3.85. The zero-order chi connectivity index (χ0) is 13.7. The normalized spacial score (nSPS) is 16.7. The smallest absolute Gasteiger partial charge is 0.246 e. The van der Waals surface area contributed by atoms with E-state index in [0.29, 0.717) is 6.04 Å². The summed E-state index contributed by atoms with van der Waals surface area (Å²) in [5, 5.41) is 0. The number of nitrogens with zero attached hydrogens (tertiary/aromatic N) is 1. The number of amides is 1. The van der Waals surface area contributed by atoms with Gasteiger partial charge < -0.3 is 10.6 Å². The van der Waals surface area contributed by atoms with Crippen molar-refractivity contribution < 1.29 is 4.79 Å². The lowest BCUT2D eigenvalue weighted by Gasteiger charge is -2.30. The van der Waals surface area contributed by atoms with Gasteiger partial charge >= 0.3 is 0 Å². The monoisotopic (exact) mass is 258 g/mol. The lowest BCUT2D eigenvalue weighted by atomic mass is 9.94. The van der Waals surface area contributed by atoms with E-state index in [1.165, 1.54) is 19.3 Å². The van der Waals surface area contributed by atoms with Crippen molar-refractivity contribution in [3.8, 4) is 0 Å². The van der Waals surface area contributed by atoms with Crippen LogP contribution >= 0.6 is 0 Å². The molecule has 1 saturated carbocycles. The second kappa shape index (κ2) is 6.41. The van der Waals surface area contributed by atoms with Crippen LogP contribution in [0.2, 0.25) is 0 Å². The molecular formula is C16H22N2O. The van der Waals surface area contributed by atoms with E-state index in [1.54, 1.807) is 6.08 Å². The molecule has 1 aromatic rings. The minimum Gasteiger partial charge on any atom is -0.399 e. The Hall–Kier alpha value is -1.77. The highest BCUT2D eigenvalue weighted by Gasteiger charge is 2.20. The summed E-state index contributed by atoms with van der Waals surface area (Å²) in [5.74, 6) is 0.0868. The average Bonchev–Trinajstić information content (AvgIpc) is 2.46. The topological polar surface area (TPSA) is 46.3 Å². The molecule has 3 nitrogen and oxygen atoms in total. The van der Waals surface area contributed by atoms with Crippen molar-refractivity contribution in [2.24, 2.45) is 0 Å². The first kappa shape index (κ1) is 13.7. The van der Waals surface area contributed by atoms with Crippen molar-refractivity contribution in [3.63, 3.8) is 0 Å². The van der Waals surface area contributed by atoms with E-state index in [-0.39, 0.29) is 5.91 Å². The van der Waals surface area contributed by atoms with Crippen molar-refractivity contribution in [2.45, 2.75) is 38.1 Å². The Labute approximate surface area is 115 Å². The number of benzene rings is 1. The number of nitrogens with two attached hydrogens (primary N) is 1. The van der Waals surface area contributed by atoms with Crippen molar-refractivity contribution in [3.05, 3.63) is 35.9 Å². The second-order valence-electron chi connectivity index (χ2n) is 5.24. The molecule has 0 saturated heterocycles. The maximum Gasteiger partial charge on any atom is 0.246 e. The van der Waals surface area contributed by atoms with Gasteiger partial charge in [-0.05, 0) is 36.6 Å². The molecular weight excluding hydrogens is 236 g/mol. The molecule has 0 unspecified atom stereocenters. The average molecular weight is 258 g/mol. The molecule has 0 aliphatic heterocycles. The molecule has 2 rings (SSSR count). The van der Waals surface area contributed by atoms with Crippen LogP contribution in [0, 0.1) is 0 Å². The predicted molar refractivity (Wildman–Crippen MR) is 79.5 cm³/mol. The second-order valence-corrected chi connectivity index (χ2v) is 5.24. The van der Waals surface area contributed by atoms with Crippen LogP contribution in [0.3, 0.4) is 0 Å². The SMILES string of the molecule is CN(C(=O)/C=C/c1ccc(N)cc1)C1CCCCC1. The lowest BCUT2D eigenvalue weighted by Crippen LogP contribution is -2.37. The van der Waals surface area contributed by atoms with Gasteiger partial charge in [0, 0.05) is 24.9 Å². The largest absolute Gasteiger partial charge is 0.399 e. The van der Waals surface area contributed by atoms with E-state index in [9.17, 15) is 4.79 Å². The summed E-state index contributed by atoms with van der Waals surface area (Å²) < 4.78 is 0. The standard InChI is InChI=1S/C16H22N2O/c1-18(15-5-3-2-4-6-15)16(19)12-9-13-7-10-14(17)11-8-13/h7-12,15H,2-6,17H2,1H3/b12-9+. The molecule has 0 bridgehead atoms. The Morgan fingerprint density at radius 2 is 1.84 bits per heavy atom. The molecule has 3 heteroatoms. The molecule has 1 aliphatic rings. The van der Waals surface area contributed by atoms with E-state index >= 15 is 0 Å². The maximum absolute atomic E-state index is 12.1. The minimum atomic E-state index is 0.0868. The summed E-state index contributed by atoms with van der Waals surface area (Å²) in [5.41, 5.74) is 7.37. The molecule has 19 heavy (non-hydrogen) atoms. The van der Waals surface area contributed by atoms with Crippen LogP contribution in [0.15, 0.2) is 30.3 Å². The molecule has 0 spiro atoms. The lowest BCUT2D eigenvalue weighted by molar-refractivity contribution is -0.127. The van der Waals surface area contributed by atoms with Crippen LogP contribution in [-0.4, -0.2) is 23.9 Å². The number of likely N-dealkylation sites (N-methyl/N-ethyl adjacent to an activating group) is 1. The Morgan fingerprint density at radius 3 is 2.47 bits per heavy atom. The summed E-state index contributed by atoms with van der Waals surface area (Å²) >= 11 is 0. The zero-order valence-corrected chi connectivity index (χ0v) is 11.5. The Kier molecular flexibility index (Phi) is 4.61. The fraction of sp³-hybridized carbons (Fsp3) is 0.438. The summed E-state index contributed by atoms with van der Waals surface area (Å²) in [7, 11) is 1.91. The van der Waals surface area contributed by atoms with E-state index in [2.05, 4.69) is 0 Å². The highest BCUT2D eigenvalue weighted by molar-refractivity contribution is 5.91. The Balaban J connectivity index is 1.93. The van der Waals surface area contributed by atoms with Crippen LogP contribution in [0.25, 0.3) is 6.08 Å². The van der Waals surface area contributed by atoms with E-state index in [0.717, 1.165) is 24.1 Å². The summed E-state index contributed by atoms with van der Waals surface area (Å²) in [6.07, 6.45) is 9.56. The van der Waals surface area contributed by atoms with Gasteiger partial charge in [0.1, 0.15) is 0 Å². The first-order chi connectivity index (χ1) is 9.16. The Bertz CT molecular complexity index is 444. The molecule has 1 aromatic carbocycles. The molecule has 0 atom stereocenters. The molecule has 102 valence electrons. The predicted octanol–water partition coefficient (Wildman–Crippen LogP) is 3.07. The van der Waals surface area contributed by atoms with Gasteiger partial charge in [0.25, 0.3) is 0 Å². The molecule has 0 aromatic heterocycles. The maximum atomic E-state index is 12.1. The molecule has 1 amide bonds. The van der Waals surface area contributed by atoms with E-state index in [1.807, 2.05) is 42.3 Å². The van der Waals surface area contributed by atoms with Crippen molar-refractivity contribution >= 4 is 17.7 Å². The zero-order valence-electron chi connectivity index (χ0n) is 11.5. The fourth-order valence-electron chi connectivity index (χ4n) is 2.54. The number of nitrogen functional groups attached to an aromatic ring is 1. The van der Waals surface area contributed by atoms with Crippen LogP contribution in [0.1, 0.15) is 37.7 Å². The van der Waals surface area contributed by atoms with Crippen LogP contribution < -0.4 is 5.73 Å². The number of carbonyl (C=O) groups excluding carboxylic acids is 1. The van der Waals surface area contributed by atoms with Crippen LogP contribution in [0.4, 0.5) is 5.69 Å². The van der Waals surface area contributed by atoms with Crippen LogP contribution in [-0.2, 0) is 4.79 Å². The summed E-state index contributed by atoms with van der Waals surface area (Å²) in [4.78, 5) is 14.0. The summed E-state index contributed by atoms with van der Waals surface area (Å²) in [6.45, 7) is 0. The molecule has 0 radical (unpaired) electrons. The van der Waals surface area contributed by atoms with Gasteiger partial charge in [-0.15, -0.1) is 0 Å². The number of anilines is 1. The quantitative estimate of drug-likeness (QED) is 0.669. The van der Waals surface area contributed by atoms with Gasteiger partial charge in [-0.3, -0.25) is 4.79 Å². The van der Waals surface area contributed by atoms with Crippen LogP contribution in [0.5, 0.6) is 0 Å². The Morgan fingerprint density at radius 1 is 1.21 bits per heavy atom. The molecule has 1 aliphatic carbocycles. The fourth-order valence-corrected chi connectivity index (χ4v) is 2.54. The third-order valence-electron chi connectivity index (χ3n) is 3.82. The van der Waals surface area contributed by atoms with Gasteiger partial charge in [-0.1, -0.05) is 31.4 Å². The van der Waals surface area contributed by atoms with E-state index < -0.39 is 0 Å². The first-order valence-corrected chi connectivity index (χ1v) is 6.97. The van der Waals surface area contributed by atoms with Gasteiger partial charge in [-0.25, -0.2) is 0 Å². The highest BCUT2D eigenvalue weighted by atomic mass is 16.2. The van der Waals surface area contributed by atoms with Crippen molar-refractivity contribution in [1.82, 2.24) is 4.90 Å². The number of hydrogen-bond acceptors (Lipinski definition) is 2. The number of rotatable bonds is 3. The van der Waals surface area contributed by atoms with Crippen molar-refractivity contribution in [2.75, 3.05) is 12.8 Å². The molecule has 1 fully saturated rings. The van der Waals surface area contributed by atoms with Crippen molar-refractivity contribution in [1.29, 1.82) is 0 Å². The van der Waals surface area contributed by atoms with Gasteiger partial charge in [0.15, 0.2) is 0 Å². The number of hydrogen-bond donors (Lipinski definition) is 1. The molecule has 2 N–H and O–H groups in total. The first-order valence-electron chi connectivity index (χ1n) is 6.97. The third-order valence-corrected chi connectivity index (χ3v) is 3.82. The van der Waals surface area contributed by atoms with Gasteiger partial charge in [0.2, 0.25) is 5.91 Å². The number of carbonyl (C=O) groups is 1. The van der Waals surface area contributed by atoms with Gasteiger partial charge in [0.05, 0.1) is 0 Å². The minimum absolute atomic E-state index is 0.0868. The van der Waals surface area contributed by atoms with Gasteiger partial charge in [-0.2, -0.15) is 0 Å². The molecule has 0 heterocycles. The van der Waals surface area contributed by atoms with E-state index in [4.69, 9.17) is 5.73 Å². The summed E-state index contributed by atoms with van der Waals surface area (Å²) in [6, 6.07) is 7.93.